The molecule has 0 saturated heterocycles. The van der Waals surface area contributed by atoms with E-state index in [2.05, 4.69) is 3.45 Å². The van der Waals surface area contributed by atoms with Crippen LogP contribution in [-0.4, -0.2) is 15.3 Å². The molecule has 6 nitrogen and oxygen atoms in total. The molecule has 0 aromatic carbocycles. The molecule has 0 heterocycles. The molecule has 0 aromatic heterocycles. The van der Waals surface area contributed by atoms with Gasteiger partial charge in [-0.05, 0) is 0 Å². The van der Waals surface area contributed by atoms with E-state index >= 15 is 0 Å². The monoisotopic (exact) mass is 182 g/mol. The first-order chi connectivity index (χ1) is 3.06. The van der Waals surface area contributed by atoms with Crippen LogP contribution in [0.15, 0.2) is 0 Å². The molecule has 0 aliphatic carbocycles. The maximum atomic E-state index is 9.53. The molecule has 4 N–H and O–H groups in total. The first-order valence-corrected chi connectivity index (χ1v) is 3.80. The Morgan fingerprint density at radius 3 is 1.88 bits per heavy atom. The molecule has 50 valence electrons. The Labute approximate surface area is 52.1 Å². The van der Waals surface area contributed by atoms with Gasteiger partial charge in [0.1, 0.15) is 0 Å². The van der Waals surface area contributed by atoms with Gasteiger partial charge in [-0.2, -0.15) is 0 Å². The van der Waals surface area contributed by atoms with Crippen molar-refractivity contribution >= 4 is 7.82 Å². The first-order valence-electron chi connectivity index (χ1n) is 1.13. The summed E-state index contributed by atoms with van der Waals surface area (Å²) in [4.78, 5) is 15.5. The summed E-state index contributed by atoms with van der Waals surface area (Å²) in [5.74, 6) is 0. The Bertz CT molecular complexity index is 101. The Morgan fingerprint density at radius 1 is 1.50 bits per heavy atom. The average molecular weight is 182 g/mol. The number of rotatable bonds is 2. The standard InChI is InChI=1S/H3O4P.H2O.O.V/c1-5(2,3)4;;;/h(H3,1,2,3,4);1H2;;/q;;;+1/p-1. The summed E-state index contributed by atoms with van der Waals surface area (Å²) in [6, 6.07) is 0. The summed E-state index contributed by atoms with van der Waals surface area (Å²) in [7, 11) is -4.44. The zero-order chi connectivity index (χ0) is 5.91. The van der Waals surface area contributed by atoms with Gasteiger partial charge in [0, 0.05) is 0 Å². The minimum absolute atomic E-state index is 0. The predicted octanol–water partition coefficient (Wildman–Crippen LogP) is -1.39. The van der Waals surface area contributed by atoms with Crippen LogP contribution in [0.2, 0.25) is 0 Å². The van der Waals surface area contributed by atoms with Gasteiger partial charge in [-0.1, -0.05) is 0 Å². The molecule has 0 rings (SSSR count). The van der Waals surface area contributed by atoms with Gasteiger partial charge in [0.05, 0.1) is 0 Å². The molecule has 0 aliphatic rings. The van der Waals surface area contributed by atoms with Crippen molar-refractivity contribution in [3.63, 3.8) is 0 Å². The summed E-state index contributed by atoms with van der Waals surface area (Å²) in [6.45, 7) is 0. The van der Waals surface area contributed by atoms with Gasteiger partial charge >= 0.3 is 45.9 Å². The Balaban J connectivity index is 0. The first kappa shape index (κ1) is 11.3. The van der Waals surface area contributed by atoms with Crippen molar-refractivity contribution in [1.82, 2.24) is 0 Å². The van der Waals surface area contributed by atoms with Gasteiger partial charge in [0.25, 0.3) is 0 Å². The number of hydrogen-bond donors (Lipinski definition) is 2. The van der Waals surface area contributed by atoms with Crippen LogP contribution >= 0.6 is 7.82 Å². The zero-order valence-corrected chi connectivity index (χ0v) is 5.80. The predicted molar refractivity (Wildman–Crippen MR) is 17.4 cm³/mol. The van der Waals surface area contributed by atoms with Crippen LogP contribution in [0.5, 0.6) is 0 Å². The van der Waals surface area contributed by atoms with Gasteiger partial charge in [0.15, 0.2) is 0 Å². The molecular formula is H4O6PV. The van der Waals surface area contributed by atoms with E-state index in [0.29, 0.717) is 0 Å². The topological polar surface area (TPSA) is 115 Å². The van der Waals surface area contributed by atoms with Crippen LogP contribution in [0.25, 0.3) is 0 Å². The van der Waals surface area contributed by atoms with E-state index in [1.165, 1.54) is 0 Å². The summed E-state index contributed by atoms with van der Waals surface area (Å²) in [6.07, 6.45) is 0. The van der Waals surface area contributed by atoms with Crippen LogP contribution in [0, 0.1) is 0 Å². The molecule has 0 amide bonds. The fourth-order valence-corrected chi connectivity index (χ4v) is 0.537. The van der Waals surface area contributed by atoms with Gasteiger partial charge in [-0.25, -0.2) is 0 Å². The Kier molecular flexibility index (Phi) is 6.12. The molecular weight excluding hydrogens is 178 g/mol. The maximum absolute atomic E-state index is 9.53. The zero-order valence-electron chi connectivity index (χ0n) is 3.51. The molecule has 0 aromatic rings. The van der Waals surface area contributed by atoms with E-state index < -0.39 is 24.4 Å². The molecule has 0 unspecified atom stereocenters. The summed E-state index contributed by atoms with van der Waals surface area (Å²) in [5.41, 5.74) is 0. The Hall–Kier alpha value is 0.454. The van der Waals surface area contributed by atoms with E-state index in [0.717, 1.165) is 0 Å². The second-order valence-corrected chi connectivity index (χ2v) is 2.79. The summed E-state index contributed by atoms with van der Waals surface area (Å²) in [5, 5.41) is 0. The quantitative estimate of drug-likeness (QED) is 0.510. The molecule has 0 atom stereocenters. The fraction of sp³-hybridized carbons (Fsp3) is 0. The van der Waals surface area contributed by atoms with Crippen molar-refractivity contribution < 1.29 is 43.5 Å². The van der Waals surface area contributed by atoms with Gasteiger partial charge in [-0.15, -0.1) is 0 Å². The number of phosphoric acid groups is 1. The van der Waals surface area contributed by atoms with Crippen LogP contribution in [-0.2, 0) is 28.3 Å². The third kappa shape index (κ3) is 9.68. The normalized spacial score (nSPS) is 9.75. The van der Waals surface area contributed by atoms with Crippen molar-refractivity contribution in [1.29, 1.82) is 0 Å². The molecule has 0 spiro atoms. The molecule has 0 fully saturated rings. The van der Waals surface area contributed by atoms with Crippen LogP contribution < -0.4 is 0 Å². The summed E-state index contributed by atoms with van der Waals surface area (Å²) < 4.78 is 22.3. The van der Waals surface area contributed by atoms with E-state index in [-0.39, 0.29) is 5.48 Å². The third-order valence-electron chi connectivity index (χ3n) is 0.140. The van der Waals surface area contributed by atoms with Crippen molar-refractivity contribution in [2.24, 2.45) is 0 Å². The fourth-order valence-electron chi connectivity index (χ4n) is 0.0434. The van der Waals surface area contributed by atoms with Gasteiger partial charge < -0.3 is 5.48 Å². The third-order valence-corrected chi connectivity index (χ3v) is 1.73. The molecule has 0 radical (unpaired) electrons. The average Bonchev–Trinajstić information content (AvgIpc) is 1.30. The van der Waals surface area contributed by atoms with E-state index in [9.17, 15) is 8.24 Å². The second kappa shape index (κ2) is 4.34. The molecule has 8 heteroatoms. The molecule has 0 aliphatic heterocycles. The molecule has 8 heavy (non-hydrogen) atoms. The second-order valence-electron chi connectivity index (χ2n) is 0.647. The van der Waals surface area contributed by atoms with Crippen molar-refractivity contribution in [2.45, 2.75) is 0 Å². The van der Waals surface area contributed by atoms with Gasteiger partial charge in [0.2, 0.25) is 0 Å². The van der Waals surface area contributed by atoms with E-state index in [4.69, 9.17) is 9.79 Å². The van der Waals surface area contributed by atoms with E-state index in [1.807, 2.05) is 0 Å². The van der Waals surface area contributed by atoms with Crippen LogP contribution in [0.1, 0.15) is 0 Å². The minimum atomic E-state index is -4.44. The van der Waals surface area contributed by atoms with Crippen LogP contribution in [0.4, 0.5) is 0 Å². The van der Waals surface area contributed by atoms with Crippen LogP contribution in [0.3, 0.4) is 0 Å². The van der Waals surface area contributed by atoms with E-state index in [1.54, 1.807) is 0 Å². The van der Waals surface area contributed by atoms with Crippen molar-refractivity contribution in [3.05, 3.63) is 0 Å². The number of hydrogen-bond acceptors (Lipinski definition) is 3. The summed E-state index contributed by atoms with van der Waals surface area (Å²) >= 11 is -1.88. The molecule has 0 bridgehead atoms. The van der Waals surface area contributed by atoms with Crippen molar-refractivity contribution in [2.75, 3.05) is 0 Å². The molecule has 0 saturated carbocycles. The van der Waals surface area contributed by atoms with Crippen molar-refractivity contribution in [3.8, 4) is 0 Å². The van der Waals surface area contributed by atoms with Gasteiger partial charge in [-0.3, -0.25) is 0 Å². The SMILES string of the molecule is O.[O]=[V][O]P(=O)(O)O. The Morgan fingerprint density at radius 2 is 1.88 bits per heavy atom.